The smallest absolute Gasteiger partial charge is 0.160 e. The van der Waals surface area contributed by atoms with Crippen molar-refractivity contribution in [3.05, 3.63) is 206 Å². The summed E-state index contributed by atoms with van der Waals surface area (Å²) >= 11 is 0. The molecule has 0 saturated heterocycles. The van der Waals surface area contributed by atoms with Gasteiger partial charge >= 0.3 is 0 Å². The summed E-state index contributed by atoms with van der Waals surface area (Å²) in [6.45, 7) is 0. The minimum atomic E-state index is 0.691. The van der Waals surface area contributed by atoms with Gasteiger partial charge < -0.3 is 9.13 Å². The number of aromatic nitrogens is 4. The SMILES string of the molecule is c1ccc(-c2cc(-c3ccccc3)nc(-c3cccc(-n4c5ccccc5c5ccc6c7ccc8c9ccccc9n(-c9ccccc9)c8c7ccc6c54)c3)n2)cc1. The van der Waals surface area contributed by atoms with Crippen molar-refractivity contribution < 1.29 is 0 Å². The molecule has 270 valence electrons. The van der Waals surface area contributed by atoms with Crippen molar-refractivity contribution in [3.8, 4) is 45.3 Å². The highest BCUT2D eigenvalue weighted by molar-refractivity contribution is 6.27. The molecule has 0 atom stereocenters. The first kappa shape index (κ1) is 32.4. The van der Waals surface area contributed by atoms with Gasteiger partial charge in [-0.25, -0.2) is 9.97 Å². The molecule has 12 aromatic rings. The first-order valence-electron chi connectivity index (χ1n) is 19.8. The first-order chi connectivity index (χ1) is 28.8. The molecule has 0 saturated carbocycles. The Kier molecular flexibility index (Phi) is 7.20. The highest BCUT2D eigenvalue weighted by Crippen LogP contribution is 2.43. The highest BCUT2D eigenvalue weighted by Gasteiger charge is 2.20. The summed E-state index contributed by atoms with van der Waals surface area (Å²) in [5.74, 6) is 0.691. The van der Waals surface area contributed by atoms with Crippen molar-refractivity contribution in [1.82, 2.24) is 19.1 Å². The van der Waals surface area contributed by atoms with Gasteiger partial charge in [0.1, 0.15) is 0 Å². The molecule has 3 heterocycles. The van der Waals surface area contributed by atoms with Crippen LogP contribution in [0.5, 0.6) is 0 Å². The normalized spacial score (nSPS) is 11.8. The van der Waals surface area contributed by atoms with E-state index < -0.39 is 0 Å². The molecular formula is C54H34N4. The van der Waals surface area contributed by atoms with Gasteiger partial charge in [0, 0.05) is 60.4 Å². The van der Waals surface area contributed by atoms with E-state index in [9.17, 15) is 0 Å². The first-order valence-corrected chi connectivity index (χ1v) is 19.8. The lowest BCUT2D eigenvalue weighted by atomic mass is 9.97. The van der Waals surface area contributed by atoms with Gasteiger partial charge in [-0.3, -0.25) is 0 Å². The van der Waals surface area contributed by atoms with E-state index in [4.69, 9.17) is 9.97 Å². The fraction of sp³-hybridized carbons (Fsp3) is 0. The Labute approximate surface area is 334 Å². The minimum Gasteiger partial charge on any atom is -0.309 e. The van der Waals surface area contributed by atoms with Crippen LogP contribution in [-0.4, -0.2) is 19.1 Å². The lowest BCUT2D eigenvalue weighted by Gasteiger charge is -2.14. The number of hydrogen-bond donors (Lipinski definition) is 0. The third kappa shape index (κ3) is 4.95. The zero-order valence-corrected chi connectivity index (χ0v) is 31.4. The van der Waals surface area contributed by atoms with Crippen LogP contribution in [0.4, 0.5) is 0 Å². The fourth-order valence-electron chi connectivity index (χ4n) is 9.13. The van der Waals surface area contributed by atoms with Crippen LogP contribution in [0.1, 0.15) is 0 Å². The molecular weight excluding hydrogens is 705 g/mol. The van der Waals surface area contributed by atoms with Crippen LogP contribution in [0.3, 0.4) is 0 Å². The molecule has 4 nitrogen and oxygen atoms in total. The van der Waals surface area contributed by atoms with Crippen LogP contribution in [0.25, 0.3) is 110 Å². The highest BCUT2D eigenvalue weighted by atomic mass is 15.0. The lowest BCUT2D eigenvalue weighted by Crippen LogP contribution is -1.98. The average Bonchev–Trinajstić information content (AvgIpc) is 3.83. The van der Waals surface area contributed by atoms with Crippen LogP contribution < -0.4 is 0 Å². The topological polar surface area (TPSA) is 35.6 Å². The van der Waals surface area contributed by atoms with Crippen molar-refractivity contribution >= 4 is 65.2 Å². The van der Waals surface area contributed by atoms with Crippen molar-refractivity contribution in [1.29, 1.82) is 0 Å². The van der Waals surface area contributed by atoms with Gasteiger partial charge in [0.15, 0.2) is 5.82 Å². The third-order valence-electron chi connectivity index (χ3n) is 11.7. The second-order valence-electron chi connectivity index (χ2n) is 15.0. The van der Waals surface area contributed by atoms with E-state index in [0.717, 1.165) is 45.0 Å². The van der Waals surface area contributed by atoms with E-state index in [0.29, 0.717) is 5.82 Å². The second kappa shape index (κ2) is 12.9. The summed E-state index contributed by atoms with van der Waals surface area (Å²) in [7, 11) is 0. The number of para-hydroxylation sites is 3. The maximum absolute atomic E-state index is 5.18. The van der Waals surface area contributed by atoms with E-state index in [1.165, 1.54) is 59.6 Å². The average molecular weight is 739 g/mol. The predicted octanol–water partition coefficient (Wildman–Crippen LogP) is 14.0. The third-order valence-corrected chi connectivity index (χ3v) is 11.7. The molecule has 9 aromatic carbocycles. The summed E-state index contributed by atoms with van der Waals surface area (Å²) in [6.07, 6.45) is 0. The second-order valence-corrected chi connectivity index (χ2v) is 15.0. The van der Waals surface area contributed by atoms with Gasteiger partial charge in [-0.05, 0) is 53.2 Å². The Morgan fingerprint density at radius 1 is 0.276 bits per heavy atom. The number of nitrogens with zero attached hydrogens (tertiary/aromatic N) is 4. The monoisotopic (exact) mass is 738 g/mol. The predicted molar refractivity (Wildman–Crippen MR) is 242 cm³/mol. The van der Waals surface area contributed by atoms with Crippen LogP contribution in [-0.2, 0) is 0 Å². The van der Waals surface area contributed by atoms with Crippen LogP contribution in [0.2, 0.25) is 0 Å². The molecule has 58 heavy (non-hydrogen) atoms. The minimum absolute atomic E-state index is 0.691. The molecule has 4 heteroatoms. The molecule has 3 aromatic heterocycles. The summed E-state index contributed by atoms with van der Waals surface area (Å²) < 4.78 is 4.86. The molecule has 0 N–H and O–H groups in total. The number of hydrogen-bond acceptors (Lipinski definition) is 2. The Morgan fingerprint density at radius 2 is 0.672 bits per heavy atom. The maximum Gasteiger partial charge on any atom is 0.160 e. The Bertz CT molecular complexity index is 3490. The summed E-state index contributed by atoms with van der Waals surface area (Å²) in [6, 6.07) is 73.7. The Balaban J connectivity index is 1.11. The molecule has 0 unspecified atom stereocenters. The standard InChI is InChI=1S/C54H34N4/c1-4-15-35(16-5-1)48-34-49(36-17-6-2-7-18-36)56-54(55-48)37-19-14-22-39(33-37)58-51-26-13-11-24-43(51)47-30-28-41-40-27-29-46-42-23-10-12-25-50(42)57(38-20-8-3-9-21-38)52(46)44(40)31-32-45(41)53(47)58/h1-34H. The molecule has 12 rings (SSSR count). The van der Waals surface area contributed by atoms with E-state index >= 15 is 0 Å². The number of rotatable bonds is 5. The maximum atomic E-state index is 5.18. The van der Waals surface area contributed by atoms with Gasteiger partial charge in [0.05, 0.1) is 33.5 Å². The quantitative estimate of drug-likeness (QED) is 0.165. The van der Waals surface area contributed by atoms with Crippen molar-refractivity contribution in [3.63, 3.8) is 0 Å². The molecule has 0 radical (unpaired) electrons. The Hall–Kier alpha value is -7.82. The molecule has 0 bridgehead atoms. The zero-order chi connectivity index (χ0) is 38.2. The van der Waals surface area contributed by atoms with Gasteiger partial charge in [-0.15, -0.1) is 0 Å². The van der Waals surface area contributed by atoms with E-state index in [1.807, 2.05) is 12.1 Å². The van der Waals surface area contributed by atoms with Gasteiger partial charge in [0.2, 0.25) is 0 Å². The molecule has 0 aliphatic heterocycles. The Morgan fingerprint density at radius 3 is 1.21 bits per heavy atom. The lowest BCUT2D eigenvalue weighted by molar-refractivity contribution is 1.16. The molecule has 0 spiro atoms. The molecule has 0 aliphatic carbocycles. The van der Waals surface area contributed by atoms with E-state index in [1.54, 1.807) is 0 Å². The van der Waals surface area contributed by atoms with Crippen molar-refractivity contribution in [2.24, 2.45) is 0 Å². The van der Waals surface area contributed by atoms with Crippen molar-refractivity contribution in [2.75, 3.05) is 0 Å². The molecule has 0 aliphatic rings. The van der Waals surface area contributed by atoms with Crippen LogP contribution in [0, 0.1) is 0 Å². The fourth-order valence-corrected chi connectivity index (χ4v) is 9.13. The van der Waals surface area contributed by atoms with Crippen LogP contribution >= 0.6 is 0 Å². The molecule has 0 amide bonds. The summed E-state index contributed by atoms with van der Waals surface area (Å²) in [5.41, 5.74) is 11.9. The zero-order valence-electron chi connectivity index (χ0n) is 31.4. The molecule has 0 fully saturated rings. The van der Waals surface area contributed by atoms with Gasteiger partial charge in [-0.1, -0.05) is 164 Å². The van der Waals surface area contributed by atoms with Gasteiger partial charge in [0.25, 0.3) is 0 Å². The van der Waals surface area contributed by atoms with E-state index in [-0.39, 0.29) is 0 Å². The number of fused-ring (bicyclic) bond motifs is 11. The largest absolute Gasteiger partial charge is 0.309 e. The van der Waals surface area contributed by atoms with Crippen LogP contribution in [0.15, 0.2) is 206 Å². The summed E-state index contributed by atoms with van der Waals surface area (Å²) in [5, 5.41) is 9.86. The van der Waals surface area contributed by atoms with Crippen molar-refractivity contribution in [2.45, 2.75) is 0 Å². The number of benzene rings is 9. The summed E-state index contributed by atoms with van der Waals surface area (Å²) in [4.78, 5) is 10.4. The van der Waals surface area contributed by atoms with Gasteiger partial charge in [-0.2, -0.15) is 0 Å². The van der Waals surface area contributed by atoms with E-state index in [2.05, 4.69) is 203 Å².